The predicted octanol–water partition coefficient (Wildman–Crippen LogP) is 4.19. The SMILES string of the molecule is O=C(c1cccc(-n2cccc2)c1)N1CCC(Nc2ccccc2)CC1. The van der Waals surface area contributed by atoms with Gasteiger partial charge in [-0.15, -0.1) is 0 Å². The van der Waals surface area contributed by atoms with Crippen LogP contribution in [0.4, 0.5) is 5.69 Å². The highest BCUT2D eigenvalue weighted by molar-refractivity contribution is 5.94. The highest BCUT2D eigenvalue weighted by Gasteiger charge is 2.23. The highest BCUT2D eigenvalue weighted by Crippen LogP contribution is 2.19. The number of nitrogens with one attached hydrogen (secondary N) is 1. The van der Waals surface area contributed by atoms with Crippen molar-refractivity contribution >= 4 is 11.6 Å². The van der Waals surface area contributed by atoms with E-state index in [-0.39, 0.29) is 5.91 Å². The van der Waals surface area contributed by atoms with Crippen LogP contribution in [0.2, 0.25) is 0 Å². The van der Waals surface area contributed by atoms with E-state index in [1.165, 1.54) is 0 Å². The van der Waals surface area contributed by atoms with Gasteiger partial charge in [-0.1, -0.05) is 24.3 Å². The summed E-state index contributed by atoms with van der Waals surface area (Å²) in [4.78, 5) is 14.9. The summed E-state index contributed by atoms with van der Waals surface area (Å²) >= 11 is 0. The van der Waals surface area contributed by atoms with Crippen LogP contribution in [-0.2, 0) is 0 Å². The van der Waals surface area contributed by atoms with E-state index in [1.807, 2.05) is 76.5 Å². The summed E-state index contributed by atoms with van der Waals surface area (Å²) in [6.07, 6.45) is 5.92. The molecule has 0 saturated carbocycles. The quantitative estimate of drug-likeness (QED) is 0.770. The number of piperidine rings is 1. The van der Waals surface area contributed by atoms with Crippen LogP contribution in [0.5, 0.6) is 0 Å². The standard InChI is InChI=1S/C22H23N3O/c26-22(18-7-6-10-21(17-18)24-13-4-5-14-24)25-15-11-20(12-16-25)23-19-8-2-1-3-9-19/h1-10,13-14,17,20,23H,11-12,15-16H2. The molecule has 1 saturated heterocycles. The molecule has 2 heterocycles. The number of para-hydroxylation sites is 1. The first-order valence-electron chi connectivity index (χ1n) is 9.14. The van der Waals surface area contributed by atoms with Gasteiger partial charge in [0.15, 0.2) is 0 Å². The number of anilines is 1. The molecule has 4 heteroatoms. The lowest BCUT2D eigenvalue weighted by Gasteiger charge is -2.33. The number of hydrogen-bond acceptors (Lipinski definition) is 2. The van der Waals surface area contributed by atoms with Crippen molar-refractivity contribution in [2.75, 3.05) is 18.4 Å². The van der Waals surface area contributed by atoms with Gasteiger partial charge in [-0.2, -0.15) is 0 Å². The van der Waals surface area contributed by atoms with Gasteiger partial charge in [0.25, 0.3) is 5.91 Å². The Morgan fingerprint density at radius 3 is 2.35 bits per heavy atom. The van der Waals surface area contributed by atoms with Gasteiger partial charge in [0.05, 0.1) is 0 Å². The molecule has 2 aromatic carbocycles. The van der Waals surface area contributed by atoms with Crippen LogP contribution in [0.3, 0.4) is 0 Å². The van der Waals surface area contributed by atoms with Crippen molar-refractivity contribution in [2.24, 2.45) is 0 Å². The van der Waals surface area contributed by atoms with Crippen LogP contribution >= 0.6 is 0 Å². The summed E-state index contributed by atoms with van der Waals surface area (Å²) in [6.45, 7) is 1.58. The third-order valence-corrected chi connectivity index (χ3v) is 4.92. The lowest BCUT2D eigenvalue weighted by molar-refractivity contribution is 0.0718. The molecule has 4 nitrogen and oxygen atoms in total. The smallest absolute Gasteiger partial charge is 0.253 e. The fourth-order valence-electron chi connectivity index (χ4n) is 3.49. The predicted molar refractivity (Wildman–Crippen MR) is 105 cm³/mol. The summed E-state index contributed by atoms with van der Waals surface area (Å²) in [7, 11) is 0. The monoisotopic (exact) mass is 345 g/mol. The van der Waals surface area contributed by atoms with E-state index in [9.17, 15) is 4.79 Å². The molecule has 1 amide bonds. The van der Waals surface area contributed by atoms with Gasteiger partial charge in [0.1, 0.15) is 0 Å². The largest absolute Gasteiger partial charge is 0.382 e. The van der Waals surface area contributed by atoms with Gasteiger partial charge in [-0.05, 0) is 55.3 Å². The van der Waals surface area contributed by atoms with Crippen molar-refractivity contribution in [3.8, 4) is 5.69 Å². The first-order valence-corrected chi connectivity index (χ1v) is 9.14. The van der Waals surface area contributed by atoms with Crippen molar-refractivity contribution < 1.29 is 4.79 Å². The number of amides is 1. The summed E-state index contributed by atoms with van der Waals surface area (Å²) < 4.78 is 2.02. The van der Waals surface area contributed by atoms with Gasteiger partial charge in [-0.25, -0.2) is 0 Å². The van der Waals surface area contributed by atoms with Crippen molar-refractivity contribution in [2.45, 2.75) is 18.9 Å². The van der Waals surface area contributed by atoms with Gasteiger partial charge < -0.3 is 14.8 Å². The Labute approximate surface area is 154 Å². The minimum atomic E-state index is 0.122. The molecule has 0 radical (unpaired) electrons. The average molecular weight is 345 g/mol. The first-order chi connectivity index (χ1) is 12.8. The molecule has 0 unspecified atom stereocenters. The average Bonchev–Trinajstić information content (AvgIpc) is 3.24. The zero-order chi connectivity index (χ0) is 17.8. The Balaban J connectivity index is 1.39. The van der Waals surface area contributed by atoms with Crippen LogP contribution in [0, 0.1) is 0 Å². The van der Waals surface area contributed by atoms with E-state index in [1.54, 1.807) is 0 Å². The summed E-state index contributed by atoms with van der Waals surface area (Å²) in [6, 6.07) is 22.5. The van der Waals surface area contributed by atoms with Crippen molar-refractivity contribution in [1.82, 2.24) is 9.47 Å². The van der Waals surface area contributed by atoms with E-state index < -0.39 is 0 Å². The number of hydrogen-bond donors (Lipinski definition) is 1. The molecule has 0 aliphatic carbocycles. The zero-order valence-corrected chi connectivity index (χ0v) is 14.7. The fourth-order valence-corrected chi connectivity index (χ4v) is 3.49. The molecular weight excluding hydrogens is 322 g/mol. The molecule has 4 rings (SSSR count). The number of rotatable bonds is 4. The number of carbonyl (C=O) groups is 1. The van der Waals surface area contributed by atoms with Crippen molar-refractivity contribution in [3.05, 3.63) is 84.7 Å². The van der Waals surface area contributed by atoms with E-state index in [2.05, 4.69) is 17.4 Å². The van der Waals surface area contributed by atoms with Gasteiger partial charge >= 0.3 is 0 Å². The third-order valence-electron chi connectivity index (χ3n) is 4.92. The molecule has 0 bridgehead atoms. The number of benzene rings is 2. The van der Waals surface area contributed by atoms with Crippen LogP contribution < -0.4 is 5.32 Å². The van der Waals surface area contributed by atoms with Crippen LogP contribution in [0.1, 0.15) is 23.2 Å². The summed E-state index contributed by atoms with van der Waals surface area (Å²) in [5.41, 5.74) is 2.92. The Hall–Kier alpha value is -3.01. The maximum absolute atomic E-state index is 12.9. The molecular formula is C22H23N3O. The fraction of sp³-hybridized carbons (Fsp3) is 0.227. The molecule has 1 fully saturated rings. The van der Waals surface area contributed by atoms with E-state index in [4.69, 9.17) is 0 Å². The Morgan fingerprint density at radius 1 is 0.885 bits per heavy atom. The third kappa shape index (κ3) is 3.64. The van der Waals surface area contributed by atoms with E-state index >= 15 is 0 Å². The zero-order valence-electron chi connectivity index (χ0n) is 14.7. The molecule has 1 N–H and O–H groups in total. The second-order valence-corrected chi connectivity index (χ2v) is 6.72. The second kappa shape index (κ2) is 7.48. The highest BCUT2D eigenvalue weighted by atomic mass is 16.2. The molecule has 0 atom stereocenters. The topological polar surface area (TPSA) is 37.3 Å². The maximum atomic E-state index is 12.9. The lowest BCUT2D eigenvalue weighted by Crippen LogP contribution is -2.42. The van der Waals surface area contributed by atoms with Crippen LogP contribution in [0.15, 0.2) is 79.1 Å². The Kier molecular flexibility index (Phi) is 4.73. The maximum Gasteiger partial charge on any atom is 0.253 e. The number of nitrogens with zero attached hydrogens (tertiary/aromatic N) is 2. The van der Waals surface area contributed by atoms with Gasteiger partial charge in [0.2, 0.25) is 0 Å². The minimum absolute atomic E-state index is 0.122. The number of likely N-dealkylation sites (tertiary alicyclic amines) is 1. The first kappa shape index (κ1) is 16.5. The summed E-state index contributed by atoms with van der Waals surface area (Å²) in [5.74, 6) is 0.122. The minimum Gasteiger partial charge on any atom is -0.382 e. The molecule has 1 aromatic heterocycles. The number of aromatic nitrogens is 1. The van der Waals surface area contributed by atoms with Crippen LogP contribution in [0.25, 0.3) is 5.69 Å². The van der Waals surface area contributed by atoms with E-state index in [0.29, 0.717) is 6.04 Å². The normalized spacial score (nSPS) is 15.0. The summed E-state index contributed by atoms with van der Waals surface area (Å²) in [5, 5.41) is 3.57. The molecule has 132 valence electrons. The molecule has 1 aliphatic heterocycles. The van der Waals surface area contributed by atoms with Gasteiger partial charge in [0, 0.05) is 48.5 Å². The Bertz CT molecular complexity index is 850. The van der Waals surface area contributed by atoms with Crippen molar-refractivity contribution in [1.29, 1.82) is 0 Å². The molecule has 3 aromatic rings. The van der Waals surface area contributed by atoms with E-state index in [0.717, 1.165) is 42.9 Å². The second-order valence-electron chi connectivity index (χ2n) is 6.72. The Morgan fingerprint density at radius 2 is 1.62 bits per heavy atom. The molecule has 1 aliphatic rings. The number of carbonyl (C=O) groups excluding carboxylic acids is 1. The van der Waals surface area contributed by atoms with Crippen LogP contribution in [-0.4, -0.2) is 34.5 Å². The van der Waals surface area contributed by atoms with Crippen molar-refractivity contribution in [3.63, 3.8) is 0 Å². The van der Waals surface area contributed by atoms with Gasteiger partial charge in [-0.3, -0.25) is 4.79 Å². The lowest BCUT2D eigenvalue weighted by atomic mass is 10.0. The molecule has 26 heavy (non-hydrogen) atoms. The molecule has 0 spiro atoms.